The summed E-state index contributed by atoms with van der Waals surface area (Å²) in [5.41, 5.74) is 2.80. The average molecular weight is 398 g/mol. The largest absolute Gasteiger partial charge is 0.390 e. The summed E-state index contributed by atoms with van der Waals surface area (Å²) in [7, 11) is 0. The molecule has 0 radical (unpaired) electrons. The summed E-state index contributed by atoms with van der Waals surface area (Å²) in [6.45, 7) is 5.65. The van der Waals surface area contributed by atoms with Crippen LogP contribution in [0.15, 0.2) is 72.4 Å². The second-order valence-corrected chi connectivity index (χ2v) is 7.14. The van der Waals surface area contributed by atoms with Crippen LogP contribution in [0.5, 0.6) is 0 Å². The molecular weight excluding hydrogens is 371 g/mol. The maximum atomic E-state index is 13.6. The van der Waals surface area contributed by atoms with Crippen LogP contribution in [0.2, 0.25) is 0 Å². The molecule has 0 spiro atoms. The van der Waals surface area contributed by atoms with E-state index < -0.39 is 6.10 Å². The number of ether oxygens (including phenoxy) is 1. The highest BCUT2D eigenvalue weighted by Gasteiger charge is 2.25. The highest BCUT2D eigenvalue weighted by atomic mass is 19.1. The molecule has 1 N–H and O–H groups in total. The smallest absolute Gasteiger partial charge is 0.145 e. The van der Waals surface area contributed by atoms with Gasteiger partial charge < -0.3 is 14.7 Å². The Labute approximate surface area is 171 Å². The lowest BCUT2D eigenvalue weighted by Gasteiger charge is -2.27. The fourth-order valence-electron chi connectivity index (χ4n) is 3.35. The van der Waals surface area contributed by atoms with E-state index in [1.807, 2.05) is 41.3 Å². The number of rotatable bonds is 11. The highest BCUT2D eigenvalue weighted by molar-refractivity contribution is 6.01. The quantitative estimate of drug-likeness (QED) is 0.466. The minimum absolute atomic E-state index is 0.125. The maximum Gasteiger partial charge on any atom is 0.145 e. The van der Waals surface area contributed by atoms with Crippen molar-refractivity contribution in [3.63, 3.8) is 0 Å². The molecular formula is C23H27FN2O3. The summed E-state index contributed by atoms with van der Waals surface area (Å²) in [6, 6.07) is 16.4. The van der Waals surface area contributed by atoms with Crippen LogP contribution < -0.4 is 0 Å². The third-order valence-corrected chi connectivity index (χ3v) is 4.61. The summed E-state index contributed by atoms with van der Waals surface area (Å²) >= 11 is 0. The third kappa shape index (κ3) is 6.78. The number of aliphatic hydroxyl groups excluding tert-OH is 1. The Bertz CT molecular complexity index is 813. The van der Waals surface area contributed by atoms with Gasteiger partial charge in [-0.15, -0.1) is 6.58 Å². The molecule has 154 valence electrons. The number of benzene rings is 2. The summed E-state index contributed by atoms with van der Waals surface area (Å²) < 4.78 is 18.9. The van der Waals surface area contributed by atoms with Crippen molar-refractivity contribution in [3.8, 4) is 0 Å². The molecule has 0 aliphatic carbocycles. The van der Waals surface area contributed by atoms with Gasteiger partial charge in [0.1, 0.15) is 11.9 Å². The van der Waals surface area contributed by atoms with Crippen molar-refractivity contribution in [1.82, 2.24) is 4.90 Å². The topological polar surface area (TPSA) is 54.3 Å². The van der Waals surface area contributed by atoms with E-state index in [1.165, 1.54) is 12.1 Å². The van der Waals surface area contributed by atoms with Crippen LogP contribution in [-0.2, 0) is 16.1 Å². The number of hydrogen-bond acceptors (Lipinski definition) is 5. The minimum Gasteiger partial charge on any atom is -0.390 e. The molecule has 2 unspecified atom stereocenters. The minimum atomic E-state index is -0.667. The highest BCUT2D eigenvalue weighted by Crippen LogP contribution is 2.19. The molecule has 6 heteroatoms. The molecule has 29 heavy (non-hydrogen) atoms. The predicted molar refractivity (Wildman–Crippen MR) is 111 cm³/mol. The Morgan fingerprint density at radius 3 is 2.86 bits per heavy atom. The van der Waals surface area contributed by atoms with Crippen LogP contribution in [-0.4, -0.2) is 54.2 Å². The van der Waals surface area contributed by atoms with Crippen LogP contribution in [0.1, 0.15) is 17.5 Å². The zero-order chi connectivity index (χ0) is 20.5. The molecule has 2 aromatic carbocycles. The van der Waals surface area contributed by atoms with Crippen molar-refractivity contribution in [2.75, 3.05) is 26.3 Å². The van der Waals surface area contributed by atoms with Gasteiger partial charge in [-0.2, -0.15) is 0 Å². The second-order valence-electron chi connectivity index (χ2n) is 7.14. The number of oxime groups is 1. The Morgan fingerprint density at radius 1 is 1.28 bits per heavy atom. The van der Waals surface area contributed by atoms with Gasteiger partial charge in [0.2, 0.25) is 0 Å². The van der Waals surface area contributed by atoms with E-state index in [4.69, 9.17) is 9.57 Å². The molecule has 0 saturated carbocycles. The van der Waals surface area contributed by atoms with Gasteiger partial charge in [-0.1, -0.05) is 53.7 Å². The van der Waals surface area contributed by atoms with E-state index in [9.17, 15) is 9.50 Å². The number of nitrogens with zero attached hydrogens (tertiary/aromatic N) is 2. The lowest BCUT2D eigenvalue weighted by Crippen LogP contribution is -2.39. The van der Waals surface area contributed by atoms with Gasteiger partial charge in [-0.05, 0) is 23.3 Å². The van der Waals surface area contributed by atoms with Gasteiger partial charge in [0.25, 0.3) is 0 Å². The lowest BCUT2D eigenvalue weighted by atomic mass is 10.0. The molecule has 0 saturated heterocycles. The van der Waals surface area contributed by atoms with Crippen molar-refractivity contribution < 1.29 is 19.1 Å². The fraction of sp³-hybridized carbons (Fsp3) is 0.348. The van der Waals surface area contributed by atoms with Crippen molar-refractivity contribution in [2.45, 2.75) is 25.2 Å². The Hall–Kier alpha value is -2.54. The van der Waals surface area contributed by atoms with Gasteiger partial charge in [-0.25, -0.2) is 4.39 Å². The lowest BCUT2D eigenvalue weighted by molar-refractivity contribution is 0.00334. The normalized spacial score (nSPS) is 17.1. The van der Waals surface area contributed by atoms with Gasteiger partial charge >= 0.3 is 0 Å². The molecule has 0 aromatic heterocycles. The third-order valence-electron chi connectivity index (χ3n) is 4.61. The van der Waals surface area contributed by atoms with E-state index in [2.05, 4.69) is 11.7 Å². The van der Waals surface area contributed by atoms with Crippen LogP contribution in [0.4, 0.5) is 4.39 Å². The molecule has 0 bridgehead atoms. The monoisotopic (exact) mass is 398 g/mol. The zero-order valence-electron chi connectivity index (χ0n) is 16.4. The first-order valence-electron chi connectivity index (χ1n) is 9.75. The van der Waals surface area contributed by atoms with E-state index in [0.717, 1.165) is 16.8 Å². The molecule has 3 rings (SSSR count). The summed E-state index contributed by atoms with van der Waals surface area (Å²) in [5.74, 6) is -0.274. The van der Waals surface area contributed by atoms with Crippen LogP contribution in [0, 0.1) is 5.82 Å². The molecule has 1 heterocycles. The maximum absolute atomic E-state index is 13.6. The van der Waals surface area contributed by atoms with E-state index in [0.29, 0.717) is 32.7 Å². The molecule has 2 aromatic rings. The first-order valence-corrected chi connectivity index (χ1v) is 9.75. The van der Waals surface area contributed by atoms with Gasteiger partial charge in [0.05, 0.1) is 25.0 Å². The number of halogens is 1. The Kier molecular flexibility index (Phi) is 7.93. The Balaban J connectivity index is 1.61. The van der Waals surface area contributed by atoms with Crippen molar-refractivity contribution in [2.24, 2.45) is 5.16 Å². The summed E-state index contributed by atoms with van der Waals surface area (Å²) in [4.78, 5) is 7.68. The van der Waals surface area contributed by atoms with Crippen molar-refractivity contribution in [1.29, 1.82) is 0 Å². The fourth-order valence-corrected chi connectivity index (χ4v) is 3.35. The van der Waals surface area contributed by atoms with Gasteiger partial charge in [-0.3, -0.25) is 4.90 Å². The first-order chi connectivity index (χ1) is 14.1. The van der Waals surface area contributed by atoms with Crippen LogP contribution in [0.3, 0.4) is 0 Å². The van der Waals surface area contributed by atoms with E-state index >= 15 is 0 Å². The number of hydrogen-bond donors (Lipinski definition) is 1. The molecule has 1 aliphatic rings. The van der Waals surface area contributed by atoms with E-state index in [-0.39, 0.29) is 18.5 Å². The van der Waals surface area contributed by atoms with Crippen molar-refractivity contribution in [3.05, 3.63) is 84.2 Å². The standard InChI is InChI=1S/C23H27FN2O3/c1-2-11-28-17-21(27)15-26(14-18-7-6-10-20(24)12-18)16-22-13-23(25-29-22)19-8-4-3-5-9-19/h2-10,12,21-22,27H,1,11,13-17H2. The average Bonchev–Trinajstić information content (AvgIpc) is 3.17. The molecule has 0 fully saturated rings. The molecule has 0 amide bonds. The Morgan fingerprint density at radius 2 is 2.10 bits per heavy atom. The van der Waals surface area contributed by atoms with E-state index in [1.54, 1.807) is 12.1 Å². The molecule has 5 nitrogen and oxygen atoms in total. The number of aliphatic hydroxyl groups is 1. The van der Waals surface area contributed by atoms with Crippen molar-refractivity contribution >= 4 is 5.71 Å². The van der Waals surface area contributed by atoms with Gasteiger partial charge in [0, 0.05) is 26.1 Å². The molecule has 1 aliphatic heterocycles. The second kappa shape index (κ2) is 10.9. The van der Waals surface area contributed by atoms with Crippen LogP contribution in [0.25, 0.3) is 0 Å². The molecule has 2 atom stereocenters. The predicted octanol–water partition coefficient (Wildman–Crippen LogP) is 3.38. The zero-order valence-corrected chi connectivity index (χ0v) is 16.4. The summed E-state index contributed by atoms with van der Waals surface area (Å²) in [5, 5.41) is 14.6. The van der Waals surface area contributed by atoms with Crippen LogP contribution >= 0.6 is 0 Å². The first kappa shape index (κ1) is 21.2. The van der Waals surface area contributed by atoms with Gasteiger partial charge in [0.15, 0.2) is 0 Å². The SMILES string of the molecule is C=CCOCC(O)CN(Cc1cccc(F)c1)CC1CC(c2ccccc2)=NO1. The summed E-state index contributed by atoms with van der Waals surface area (Å²) in [6.07, 6.45) is 1.54.